The van der Waals surface area contributed by atoms with Crippen LogP contribution < -0.4 is 4.90 Å². The largest absolute Gasteiger partial charge is 0.370 e. The van der Waals surface area contributed by atoms with Crippen molar-refractivity contribution in [2.75, 3.05) is 31.6 Å². The second kappa shape index (κ2) is 6.29. The molecule has 8 nitrogen and oxygen atoms in total. The standard InChI is InChI=1S/C17H20N6O2/c1-12-14(10-23-17(21(12)2)18-19-20-23)16(24)22-8-9-25-15(11-22)13-6-4-3-5-7-13/h3-7,15H,8-11H2,1-2H3/t15-/m1/s1. The maximum absolute atomic E-state index is 13.1. The van der Waals surface area contributed by atoms with Crippen LogP contribution >= 0.6 is 0 Å². The highest BCUT2D eigenvalue weighted by Gasteiger charge is 2.32. The molecule has 1 amide bonds. The SMILES string of the molecule is CC1=C(C(=O)N2CCO[C@@H](c3ccccc3)C2)Cn2nnnc2N1C. The first kappa shape index (κ1) is 15.8. The summed E-state index contributed by atoms with van der Waals surface area (Å²) < 4.78 is 7.51. The van der Waals surface area contributed by atoms with Crippen molar-refractivity contribution >= 4 is 11.9 Å². The lowest BCUT2D eigenvalue weighted by atomic mass is 10.1. The van der Waals surface area contributed by atoms with Gasteiger partial charge in [-0.15, -0.1) is 0 Å². The molecule has 25 heavy (non-hydrogen) atoms. The van der Waals surface area contributed by atoms with E-state index in [4.69, 9.17) is 4.74 Å². The molecule has 0 radical (unpaired) electrons. The molecule has 0 N–H and O–H groups in total. The van der Waals surface area contributed by atoms with E-state index >= 15 is 0 Å². The van der Waals surface area contributed by atoms with Crippen LogP contribution in [-0.2, 0) is 16.1 Å². The van der Waals surface area contributed by atoms with E-state index in [0.717, 1.165) is 16.8 Å². The minimum atomic E-state index is -0.0928. The maximum Gasteiger partial charge on any atom is 0.253 e. The Morgan fingerprint density at radius 3 is 2.88 bits per heavy atom. The van der Waals surface area contributed by atoms with Crippen LogP contribution in [0.1, 0.15) is 18.6 Å². The molecule has 0 saturated carbocycles. The molecule has 0 bridgehead atoms. The molecular formula is C17H20N6O2. The topological polar surface area (TPSA) is 76.4 Å². The van der Waals surface area contributed by atoms with Gasteiger partial charge in [0.25, 0.3) is 5.91 Å². The number of carbonyl (C=O) groups is 1. The van der Waals surface area contributed by atoms with Gasteiger partial charge in [0.05, 0.1) is 25.3 Å². The molecule has 1 atom stereocenters. The van der Waals surface area contributed by atoms with E-state index in [2.05, 4.69) is 15.5 Å². The number of ether oxygens (including phenoxy) is 1. The number of tetrazole rings is 1. The third-order valence-corrected chi connectivity index (χ3v) is 4.84. The molecule has 3 heterocycles. The summed E-state index contributed by atoms with van der Waals surface area (Å²) in [5.41, 5.74) is 2.69. The Bertz CT molecular complexity index is 816. The lowest BCUT2D eigenvalue weighted by molar-refractivity contribution is -0.135. The summed E-state index contributed by atoms with van der Waals surface area (Å²) in [6.07, 6.45) is -0.0928. The molecule has 0 aliphatic carbocycles. The second-order valence-electron chi connectivity index (χ2n) is 6.28. The first-order valence-corrected chi connectivity index (χ1v) is 8.30. The lowest BCUT2D eigenvalue weighted by Crippen LogP contribution is -2.45. The molecule has 0 spiro atoms. The Morgan fingerprint density at radius 1 is 1.28 bits per heavy atom. The lowest BCUT2D eigenvalue weighted by Gasteiger charge is -2.35. The van der Waals surface area contributed by atoms with Crippen LogP contribution in [0.2, 0.25) is 0 Å². The Morgan fingerprint density at radius 2 is 2.08 bits per heavy atom. The number of anilines is 1. The molecule has 2 aromatic rings. The highest BCUT2D eigenvalue weighted by atomic mass is 16.5. The number of rotatable bonds is 2. The van der Waals surface area contributed by atoms with E-state index in [-0.39, 0.29) is 12.0 Å². The minimum absolute atomic E-state index is 0.0229. The summed E-state index contributed by atoms with van der Waals surface area (Å²) in [4.78, 5) is 16.8. The van der Waals surface area contributed by atoms with E-state index in [1.807, 2.05) is 54.1 Å². The first-order chi connectivity index (χ1) is 12.1. The fourth-order valence-electron chi connectivity index (χ4n) is 3.28. The van der Waals surface area contributed by atoms with E-state index < -0.39 is 0 Å². The Labute approximate surface area is 145 Å². The van der Waals surface area contributed by atoms with Crippen molar-refractivity contribution in [2.24, 2.45) is 0 Å². The van der Waals surface area contributed by atoms with Crippen molar-refractivity contribution < 1.29 is 9.53 Å². The van der Waals surface area contributed by atoms with Crippen molar-refractivity contribution in [3.05, 3.63) is 47.2 Å². The molecule has 130 valence electrons. The molecule has 1 aromatic heterocycles. The fourth-order valence-corrected chi connectivity index (χ4v) is 3.28. The monoisotopic (exact) mass is 340 g/mol. The van der Waals surface area contributed by atoms with E-state index in [1.165, 1.54) is 0 Å². The van der Waals surface area contributed by atoms with Gasteiger partial charge in [-0.25, -0.2) is 4.68 Å². The number of aromatic nitrogens is 4. The molecule has 0 unspecified atom stereocenters. The fraction of sp³-hybridized carbons (Fsp3) is 0.412. The summed E-state index contributed by atoms with van der Waals surface area (Å²) in [6.45, 7) is 3.99. The van der Waals surface area contributed by atoms with Gasteiger partial charge in [0, 0.05) is 19.3 Å². The molecular weight excluding hydrogens is 320 g/mol. The van der Waals surface area contributed by atoms with E-state index in [9.17, 15) is 4.79 Å². The predicted molar refractivity (Wildman–Crippen MR) is 90.6 cm³/mol. The summed E-state index contributed by atoms with van der Waals surface area (Å²) in [5, 5.41) is 11.7. The van der Waals surface area contributed by atoms with Crippen molar-refractivity contribution in [3.8, 4) is 0 Å². The van der Waals surface area contributed by atoms with Gasteiger partial charge < -0.3 is 14.5 Å². The molecule has 8 heteroatoms. The van der Waals surface area contributed by atoms with Gasteiger partial charge in [-0.2, -0.15) is 0 Å². The number of fused-ring (bicyclic) bond motifs is 1. The van der Waals surface area contributed by atoms with Crippen molar-refractivity contribution in [3.63, 3.8) is 0 Å². The quantitative estimate of drug-likeness (QED) is 0.812. The molecule has 2 aliphatic heterocycles. The molecule has 2 aliphatic rings. The minimum Gasteiger partial charge on any atom is -0.370 e. The molecule has 4 rings (SSSR count). The second-order valence-corrected chi connectivity index (χ2v) is 6.28. The highest BCUT2D eigenvalue weighted by molar-refractivity contribution is 5.95. The smallest absolute Gasteiger partial charge is 0.253 e. The summed E-state index contributed by atoms with van der Waals surface area (Å²) in [5.74, 6) is 0.674. The van der Waals surface area contributed by atoms with Gasteiger partial charge in [-0.05, 0) is 22.9 Å². The zero-order valence-electron chi connectivity index (χ0n) is 14.3. The van der Waals surface area contributed by atoms with Gasteiger partial charge >= 0.3 is 0 Å². The van der Waals surface area contributed by atoms with Gasteiger partial charge in [0.2, 0.25) is 5.95 Å². The number of allylic oxidation sites excluding steroid dienone is 1. The van der Waals surface area contributed by atoms with Crippen molar-refractivity contribution in [1.82, 2.24) is 25.1 Å². The summed E-state index contributed by atoms with van der Waals surface area (Å²) >= 11 is 0. The third kappa shape index (κ3) is 2.78. The van der Waals surface area contributed by atoms with Crippen LogP contribution in [0.4, 0.5) is 5.95 Å². The van der Waals surface area contributed by atoms with Crippen molar-refractivity contribution in [1.29, 1.82) is 0 Å². The van der Waals surface area contributed by atoms with Crippen LogP contribution in [0, 0.1) is 0 Å². The Kier molecular flexibility index (Phi) is 3.96. The average molecular weight is 340 g/mol. The maximum atomic E-state index is 13.1. The zero-order valence-corrected chi connectivity index (χ0v) is 14.3. The molecule has 1 fully saturated rings. The van der Waals surface area contributed by atoms with Gasteiger partial charge in [-0.3, -0.25) is 4.79 Å². The predicted octanol–water partition coefficient (Wildman–Crippen LogP) is 0.997. The van der Waals surface area contributed by atoms with E-state index in [0.29, 0.717) is 32.2 Å². The van der Waals surface area contributed by atoms with Crippen LogP contribution in [0.25, 0.3) is 0 Å². The van der Waals surface area contributed by atoms with Crippen LogP contribution in [0.5, 0.6) is 0 Å². The van der Waals surface area contributed by atoms with Crippen LogP contribution in [-0.4, -0.2) is 57.8 Å². The number of benzene rings is 1. The molecule has 1 aromatic carbocycles. The highest BCUT2D eigenvalue weighted by Crippen LogP contribution is 2.27. The van der Waals surface area contributed by atoms with E-state index in [1.54, 1.807) is 4.68 Å². The summed E-state index contributed by atoms with van der Waals surface area (Å²) in [6, 6.07) is 10.0. The zero-order chi connectivity index (χ0) is 17.4. The Balaban J connectivity index is 1.55. The molecule has 1 saturated heterocycles. The average Bonchev–Trinajstić information content (AvgIpc) is 3.14. The number of morpholine rings is 1. The number of hydrogen-bond donors (Lipinski definition) is 0. The normalized spacial score (nSPS) is 20.6. The van der Waals surface area contributed by atoms with Crippen LogP contribution in [0.3, 0.4) is 0 Å². The first-order valence-electron chi connectivity index (χ1n) is 8.30. The third-order valence-electron chi connectivity index (χ3n) is 4.84. The Hall–Kier alpha value is -2.74. The number of amides is 1. The number of nitrogens with zero attached hydrogens (tertiary/aromatic N) is 6. The number of hydrogen-bond acceptors (Lipinski definition) is 6. The van der Waals surface area contributed by atoms with Crippen LogP contribution in [0.15, 0.2) is 41.6 Å². The number of carbonyl (C=O) groups excluding carboxylic acids is 1. The van der Waals surface area contributed by atoms with Gasteiger partial charge in [-0.1, -0.05) is 35.4 Å². The summed E-state index contributed by atoms with van der Waals surface area (Å²) in [7, 11) is 1.87. The van der Waals surface area contributed by atoms with Gasteiger partial charge in [0.15, 0.2) is 0 Å². The van der Waals surface area contributed by atoms with Gasteiger partial charge in [0.1, 0.15) is 6.10 Å². The van der Waals surface area contributed by atoms with Crippen molar-refractivity contribution in [2.45, 2.75) is 19.6 Å².